The average Bonchev–Trinajstić information content (AvgIpc) is 1.62. The van der Waals surface area contributed by atoms with Crippen LogP contribution in [0.1, 0.15) is 0 Å². The van der Waals surface area contributed by atoms with Crippen LogP contribution in [0, 0.1) is 31.1 Å². The Morgan fingerprint density at radius 2 is 0.571 bits per heavy atom. The van der Waals surface area contributed by atoms with E-state index in [0.717, 1.165) is 0 Å². The third kappa shape index (κ3) is 4260. The molecule has 0 aliphatic rings. The number of rotatable bonds is 0. The summed E-state index contributed by atoms with van der Waals surface area (Å²) in [5.41, 5.74) is 0. The zero-order valence-corrected chi connectivity index (χ0v) is 16.5. The van der Waals surface area contributed by atoms with E-state index in [-0.39, 0.29) is 31.1 Å². The molecule has 0 aliphatic carbocycles. The zero-order chi connectivity index (χ0) is 18.0. The molecule has 0 rings (SSSR count). The van der Waals surface area contributed by atoms with E-state index >= 15 is 0 Å². The molecule has 0 fully saturated rings. The third-order valence-electron chi connectivity index (χ3n) is 0. The van der Waals surface area contributed by atoms with E-state index in [1.54, 1.807) is 0 Å². The van der Waals surface area contributed by atoms with Gasteiger partial charge in [-0.25, -0.2) is 17.2 Å². The van der Waals surface area contributed by atoms with Crippen molar-refractivity contribution in [3.8, 4) is 0 Å². The van der Waals surface area contributed by atoms with Gasteiger partial charge in [0.25, 0.3) is 0 Å². The molecular weight excluding hydrogens is 630 g/mol. The van der Waals surface area contributed by atoms with Crippen molar-refractivity contribution in [1.82, 2.24) is 0 Å². The van der Waals surface area contributed by atoms with Crippen LogP contribution in [0.15, 0.2) is 0 Å². The van der Waals surface area contributed by atoms with Crippen LogP contribution in [-0.2, 0) is 18.3 Å². The van der Waals surface area contributed by atoms with Gasteiger partial charge in [-0.15, -0.1) is 4.20 Å². The first-order chi connectivity index (χ1) is 8.00. The third-order valence-corrected chi connectivity index (χ3v) is 0. The molecule has 21 heteroatoms. The van der Waals surface area contributed by atoms with Crippen molar-refractivity contribution >= 4 is 31.6 Å². The van der Waals surface area contributed by atoms with E-state index in [0.29, 0.717) is 0 Å². The second-order valence-electron chi connectivity index (χ2n) is 1.76. The molecule has 0 radical (unpaired) electrons. The molecule has 0 saturated heterocycles. The van der Waals surface area contributed by atoms with E-state index in [1.807, 2.05) is 0 Å². The summed E-state index contributed by atoms with van der Waals surface area (Å²) >= 11 is 0. The largest absolute Gasteiger partial charge is 0.786 e. The number of halogens is 4. The van der Waals surface area contributed by atoms with E-state index in [9.17, 15) is 16.8 Å². The molecule has 12 nitrogen and oxygen atoms in total. The van der Waals surface area contributed by atoms with Gasteiger partial charge in [0, 0.05) is 31.1 Å². The van der Waals surface area contributed by atoms with Crippen LogP contribution < -0.4 is 29.4 Å². The van der Waals surface area contributed by atoms with Crippen molar-refractivity contribution in [3.63, 3.8) is 0 Å². The Morgan fingerprint density at radius 1 is 0.571 bits per heavy atom. The Kier molecular flexibility index (Phi) is 22.2. The summed E-state index contributed by atoms with van der Waals surface area (Å²) in [4.78, 5) is 64.6. The van der Waals surface area contributed by atoms with Gasteiger partial charge in [-0.2, -0.15) is 0 Å². The van der Waals surface area contributed by atoms with E-state index < -0.39 is 31.6 Å². The van der Waals surface area contributed by atoms with Gasteiger partial charge < -0.3 is 43.1 Å². The van der Waals surface area contributed by atoms with Crippen molar-refractivity contribution in [2.24, 2.45) is 0 Å². The predicted octanol–water partition coefficient (Wildman–Crippen LogP) is -3.60. The van der Waals surface area contributed by atoms with Gasteiger partial charge in [0.1, 0.15) is 23.7 Å². The summed E-state index contributed by atoms with van der Waals surface area (Å²) in [6.45, 7) is 0. The summed E-state index contributed by atoms with van der Waals surface area (Å²) in [5, 5.41) is 0. The molecule has 0 aromatic heterocycles. The van der Waals surface area contributed by atoms with Gasteiger partial charge in [0.05, 0.1) is 0 Å². The smallest absolute Gasteiger partial charge is 0.507 e. The maximum atomic E-state index is 10.4. The molecule has 0 aromatic carbocycles. The summed E-state index contributed by atoms with van der Waals surface area (Å²) in [6.07, 6.45) is 0. The molecule has 2 N–H and O–H groups in total. The molecule has 0 amide bonds. The van der Waals surface area contributed by atoms with Crippen molar-refractivity contribution in [1.29, 1.82) is 0 Å². The molecular formula is H2F4O12P4U-6. The van der Waals surface area contributed by atoms with Gasteiger partial charge in [-0.3, -0.25) is 9.79 Å². The fraction of sp³-hybridized carbons (Fsp3) is 0. The normalized spacial score (nSPS) is 11.2. The Morgan fingerprint density at radius 3 is 0.571 bits per heavy atom. The zero-order valence-electron chi connectivity index (χ0n) is 8.78. The Balaban J connectivity index is -0.0000000533. The summed E-state index contributed by atoms with van der Waals surface area (Å²) in [5.74, 6) is 0. The fourth-order valence-corrected chi connectivity index (χ4v) is 0. The van der Waals surface area contributed by atoms with Gasteiger partial charge in [-0.05, 0) is 0 Å². The standard InChI is InChI=1S/4FH2O3P.U/c4*1-5(2,3)4;/h4*(H2,2,3,4);/p-6. The first-order valence-electron chi connectivity index (χ1n) is 2.90. The first kappa shape index (κ1) is 33.9. The number of hydrogen-bond donors (Lipinski definition) is 2. The van der Waals surface area contributed by atoms with E-state index in [2.05, 4.69) is 0 Å². The Hall–Kier alpha value is 1.37. The Bertz CT molecular complexity index is 298. The minimum absolute atomic E-state index is 0. The molecule has 132 valence electrons. The topological polar surface area (TPSA) is 247 Å². The minimum Gasteiger partial charge on any atom is -0.786 e. The number of hydrogen-bond acceptors (Lipinski definition) is 10. The van der Waals surface area contributed by atoms with Crippen molar-refractivity contribution < 1.29 is 105 Å². The van der Waals surface area contributed by atoms with Gasteiger partial charge in [-0.1, -0.05) is 0 Å². The van der Waals surface area contributed by atoms with E-state index in [1.165, 1.54) is 0 Å². The molecule has 0 aromatic rings. The summed E-state index contributed by atoms with van der Waals surface area (Å²) in [7, 11) is -22.1. The first-order valence-corrected chi connectivity index (χ1v) is 8.71. The predicted molar refractivity (Wildman–Crippen MR) is 39.3 cm³/mol. The van der Waals surface area contributed by atoms with Gasteiger partial charge >= 0.3 is 7.91 Å². The van der Waals surface area contributed by atoms with Gasteiger partial charge in [0.2, 0.25) is 0 Å². The maximum Gasteiger partial charge on any atom is 0.507 e. The van der Waals surface area contributed by atoms with Crippen LogP contribution >= 0.6 is 31.6 Å². The molecule has 0 unspecified atom stereocenters. The minimum atomic E-state index is -5.64. The van der Waals surface area contributed by atoms with Gasteiger partial charge in [0.15, 0.2) is 0 Å². The van der Waals surface area contributed by atoms with Crippen LogP contribution in [0.3, 0.4) is 0 Å². The average molecular weight is 632 g/mol. The van der Waals surface area contributed by atoms with Crippen molar-refractivity contribution in [2.45, 2.75) is 0 Å². The molecule has 0 spiro atoms. The van der Waals surface area contributed by atoms with Crippen LogP contribution in [-0.4, -0.2) is 9.79 Å². The molecule has 0 atom stereocenters. The van der Waals surface area contributed by atoms with E-state index in [4.69, 9.17) is 57.4 Å². The maximum absolute atomic E-state index is 10.4. The van der Waals surface area contributed by atoms with Crippen LogP contribution in [0.5, 0.6) is 0 Å². The van der Waals surface area contributed by atoms with Crippen molar-refractivity contribution in [3.05, 3.63) is 0 Å². The fourth-order valence-electron chi connectivity index (χ4n) is 0. The SMILES string of the molecule is O=P(O)(O)F.O=P([O-])([O-])F.O=P([O-])([O-])F.O=P([O-])([O-])F.[U]. The Labute approximate surface area is 137 Å². The van der Waals surface area contributed by atoms with Crippen molar-refractivity contribution in [2.75, 3.05) is 0 Å². The quantitative estimate of drug-likeness (QED) is 0.194. The summed E-state index contributed by atoms with van der Waals surface area (Å²) < 4.78 is 74.7. The molecule has 21 heavy (non-hydrogen) atoms. The molecule has 0 aliphatic heterocycles. The monoisotopic (exact) mass is 632 g/mol. The van der Waals surface area contributed by atoms with Crippen LogP contribution in [0.2, 0.25) is 0 Å². The van der Waals surface area contributed by atoms with Crippen LogP contribution in [0.4, 0.5) is 16.8 Å². The molecule has 0 saturated carbocycles. The summed E-state index contributed by atoms with van der Waals surface area (Å²) in [6, 6.07) is 0. The second-order valence-corrected chi connectivity index (χ2v) is 5.29. The molecule has 0 bridgehead atoms. The molecule has 0 heterocycles. The second kappa shape index (κ2) is 13.8. The van der Waals surface area contributed by atoms with Crippen LogP contribution in [0.25, 0.3) is 0 Å².